The quantitative estimate of drug-likeness (QED) is 0.685. The molecule has 0 aromatic carbocycles. The van der Waals surface area contributed by atoms with E-state index in [9.17, 15) is 4.79 Å². The molecule has 0 saturated carbocycles. The Labute approximate surface area is 94.2 Å². The lowest BCUT2D eigenvalue weighted by atomic mass is 9.96. The third kappa shape index (κ3) is 6.50. The van der Waals surface area contributed by atoms with Crippen molar-refractivity contribution in [1.82, 2.24) is 10.2 Å². The maximum absolute atomic E-state index is 11.5. The third-order valence-corrected chi connectivity index (χ3v) is 2.51. The van der Waals surface area contributed by atoms with Crippen LogP contribution in [0.15, 0.2) is 0 Å². The Hall–Kier alpha value is -0.570. The highest BCUT2D eigenvalue weighted by molar-refractivity contribution is 5.81. The van der Waals surface area contributed by atoms with Crippen LogP contribution in [-0.4, -0.2) is 37.0 Å². The van der Waals surface area contributed by atoms with Crippen molar-refractivity contribution in [3.8, 4) is 0 Å². The van der Waals surface area contributed by atoms with E-state index in [0.29, 0.717) is 0 Å². The Morgan fingerprint density at radius 3 is 2.13 bits per heavy atom. The largest absolute Gasteiger partial charge is 0.356 e. The lowest BCUT2D eigenvalue weighted by molar-refractivity contribution is -0.128. The smallest absolute Gasteiger partial charge is 0.225 e. The molecule has 0 aliphatic carbocycles. The van der Waals surface area contributed by atoms with Gasteiger partial charge in [0.15, 0.2) is 0 Å². The van der Waals surface area contributed by atoms with Crippen molar-refractivity contribution in [3.63, 3.8) is 0 Å². The molecule has 3 heteroatoms. The van der Waals surface area contributed by atoms with E-state index in [2.05, 4.69) is 24.1 Å². The van der Waals surface area contributed by atoms with E-state index < -0.39 is 0 Å². The molecule has 0 saturated heterocycles. The maximum atomic E-state index is 11.5. The first kappa shape index (κ1) is 14.4. The minimum absolute atomic E-state index is 0.141. The molecule has 0 heterocycles. The summed E-state index contributed by atoms with van der Waals surface area (Å²) < 4.78 is 0. The molecule has 0 fully saturated rings. The Balaban J connectivity index is 3.59. The number of carbonyl (C=O) groups excluding carboxylic acids is 1. The zero-order chi connectivity index (χ0) is 11.9. The Morgan fingerprint density at radius 1 is 1.20 bits per heavy atom. The van der Waals surface area contributed by atoms with Crippen molar-refractivity contribution in [3.05, 3.63) is 0 Å². The minimum atomic E-state index is -0.269. The summed E-state index contributed by atoms with van der Waals surface area (Å²) in [4.78, 5) is 13.9. The zero-order valence-electron chi connectivity index (χ0n) is 10.9. The minimum Gasteiger partial charge on any atom is -0.356 e. The second-order valence-electron chi connectivity index (χ2n) is 4.89. The van der Waals surface area contributed by atoms with Gasteiger partial charge in [0.25, 0.3) is 0 Å². The molecule has 0 rings (SSSR count). The van der Waals surface area contributed by atoms with Crippen LogP contribution < -0.4 is 5.32 Å². The fourth-order valence-corrected chi connectivity index (χ4v) is 1.31. The van der Waals surface area contributed by atoms with Crippen LogP contribution in [0.4, 0.5) is 0 Å². The Kier molecular flexibility index (Phi) is 6.57. The van der Waals surface area contributed by atoms with Crippen molar-refractivity contribution < 1.29 is 4.79 Å². The van der Waals surface area contributed by atoms with Gasteiger partial charge in [0, 0.05) is 12.0 Å². The Morgan fingerprint density at radius 2 is 1.73 bits per heavy atom. The van der Waals surface area contributed by atoms with Crippen LogP contribution in [0.2, 0.25) is 0 Å². The second-order valence-corrected chi connectivity index (χ2v) is 4.89. The summed E-state index contributed by atoms with van der Waals surface area (Å²) in [7, 11) is 0. The van der Waals surface area contributed by atoms with E-state index in [1.807, 2.05) is 20.8 Å². The van der Waals surface area contributed by atoms with Crippen molar-refractivity contribution >= 4 is 5.91 Å². The summed E-state index contributed by atoms with van der Waals surface area (Å²) in [6.07, 6.45) is 1.03. The van der Waals surface area contributed by atoms with Gasteiger partial charge in [-0.15, -0.1) is 0 Å². The van der Waals surface area contributed by atoms with Crippen LogP contribution in [0.25, 0.3) is 0 Å². The van der Waals surface area contributed by atoms with E-state index in [0.717, 1.165) is 32.6 Å². The first-order valence-electron chi connectivity index (χ1n) is 5.92. The normalized spacial score (nSPS) is 11.9. The molecule has 15 heavy (non-hydrogen) atoms. The molecular formula is C12H26N2O. The van der Waals surface area contributed by atoms with E-state index >= 15 is 0 Å². The monoisotopic (exact) mass is 214 g/mol. The molecule has 90 valence electrons. The second kappa shape index (κ2) is 6.83. The standard InChI is InChI=1S/C12H26N2O/c1-6-14(7-2)10-8-9-13-11(15)12(3,4)5/h6-10H2,1-5H3,(H,13,15). The molecule has 0 aromatic rings. The zero-order valence-corrected chi connectivity index (χ0v) is 10.9. The van der Waals surface area contributed by atoms with Crippen LogP contribution in [0.5, 0.6) is 0 Å². The molecule has 0 atom stereocenters. The van der Waals surface area contributed by atoms with Crippen molar-refractivity contribution in [2.75, 3.05) is 26.2 Å². The SMILES string of the molecule is CCN(CC)CCCNC(=O)C(C)(C)C. The van der Waals surface area contributed by atoms with E-state index in [1.165, 1.54) is 0 Å². The van der Waals surface area contributed by atoms with E-state index in [4.69, 9.17) is 0 Å². The third-order valence-electron chi connectivity index (χ3n) is 2.51. The molecular weight excluding hydrogens is 188 g/mol. The van der Waals surface area contributed by atoms with Crippen LogP contribution in [0.1, 0.15) is 41.0 Å². The van der Waals surface area contributed by atoms with Gasteiger partial charge in [0.05, 0.1) is 0 Å². The fourth-order valence-electron chi connectivity index (χ4n) is 1.31. The first-order chi connectivity index (χ1) is 6.91. The number of amides is 1. The van der Waals surface area contributed by atoms with Gasteiger partial charge in [0.1, 0.15) is 0 Å². The number of nitrogens with one attached hydrogen (secondary N) is 1. The summed E-state index contributed by atoms with van der Waals surface area (Å²) in [5, 5.41) is 2.96. The lowest BCUT2D eigenvalue weighted by Gasteiger charge is -2.20. The lowest BCUT2D eigenvalue weighted by Crippen LogP contribution is -2.36. The number of rotatable bonds is 6. The number of hydrogen-bond acceptors (Lipinski definition) is 2. The first-order valence-corrected chi connectivity index (χ1v) is 5.92. The average molecular weight is 214 g/mol. The van der Waals surface area contributed by atoms with E-state index in [1.54, 1.807) is 0 Å². The highest BCUT2D eigenvalue weighted by Gasteiger charge is 2.20. The molecule has 0 unspecified atom stereocenters. The summed E-state index contributed by atoms with van der Waals surface area (Å²) in [6, 6.07) is 0. The number of nitrogens with zero attached hydrogens (tertiary/aromatic N) is 1. The van der Waals surface area contributed by atoms with Gasteiger partial charge in [-0.3, -0.25) is 4.79 Å². The van der Waals surface area contributed by atoms with Gasteiger partial charge in [-0.1, -0.05) is 34.6 Å². The highest BCUT2D eigenvalue weighted by atomic mass is 16.2. The van der Waals surface area contributed by atoms with Crippen LogP contribution in [0, 0.1) is 5.41 Å². The van der Waals surface area contributed by atoms with Crippen LogP contribution in [0.3, 0.4) is 0 Å². The van der Waals surface area contributed by atoms with Gasteiger partial charge >= 0.3 is 0 Å². The number of carbonyl (C=O) groups is 1. The van der Waals surface area contributed by atoms with Crippen LogP contribution in [-0.2, 0) is 4.79 Å². The average Bonchev–Trinajstić information content (AvgIpc) is 2.16. The molecule has 0 aliphatic heterocycles. The molecule has 1 N–H and O–H groups in total. The molecule has 0 aliphatic rings. The van der Waals surface area contributed by atoms with Gasteiger partial charge in [-0.25, -0.2) is 0 Å². The predicted molar refractivity (Wildman–Crippen MR) is 64.9 cm³/mol. The topological polar surface area (TPSA) is 32.3 Å². The summed E-state index contributed by atoms with van der Waals surface area (Å²) in [5.41, 5.74) is -0.269. The van der Waals surface area contributed by atoms with Crippen LogP contribution >= 0.6 is 0 Å². The molecule has 0 aromatic heterocycles. The van der Waals surface area contributed by atoms with Gasteiger partial charge in [-0.05, 0) is 26.1 Å². The molecule has 0 radical (unpaired) electrons. The molecule has 3 nitrogen and oxygen atoms in total. The highest BCUT2D eigenvalue weighted by Crippen LogP contribution is 2.12. The fraction of sp³-hybridized carbons (Fsp3) is 0.917. The molecule has 0 spiro atoms. The van der Waals surface area contributed by atoms with E-state index in [-0.39, 0.29) is 11.3 Å². The summed E-state index contributed by atoms with van der Waals surface area (Å²) in [6.45, 7) is 14.2. The van der Waals surface area contributed by atoms with Crippen molar-refractivity contribution in [1.29, 1.82) is 0 Å². The molecule has 1 amide bonds. The summed E-state index contributed by atoms with van der Waals surface area (Å²) >= 11 is 0. The van der Waals surface area contributed by atoms with Gasteiger partial charge < -0.3 is 10.2 Å². The maximum Gasteiger partial charge on any atom is 0.225 e. The van der Waals surface area contributed by atoms with Gasteiger partial charge in [-0.2, -0.15) is 0 Å². The van der Waals surface area contributed by atoms with Crippen molar-refractivity contribution in [2.24, 2.45) is 5.41 Å². The summed E-state index contributed by atoms with van der Waals surface area (Å²) in [5.74, 6) is 0.141. The predicted octanol–water partition coefficient (Wildman–Crippen LogP) is 1.88. The number of hydrogen-bond donors (Lipinski definition) is 1. The Bertz CT molecular complexity index is 181. The van der Waals surface area contributed by atoms with Gasteiger partial charge in [0.2, 0.25) is 5.91 Å². The molecule has 0 bridgehead atoms. The van der Waals surface area contributed by atoms with Crippen molar-refractivity contribution in [2.45, 2.75) is 41.0 Å².